The molecular formula is C48H78O18. The van der Waals surface area contributed by atoms with Crippen LogP contribution >= 0.6 is 0 Å². The molecule has 18 nitrogen and oxygen atoms in total. The fraction of sp³-hybridized carbons (Fsp3) is 0.917. The summed E-state index contributed by atoms with van der Waals surface area (Å²) < 4.78 is 36.1. The highest BCUT2D eigenvalue weighted by atomic mass is 16.8. The van der Waals surface area contributed by atoms with Crippen LogP contribution in [0.2, 0.25) is 0 Å². The molecule has 3 saturated carbocycles. The van der Waals surface area contributed by atoms with Crippen LogP contribution in [0.1, 0.15) is 99.8 Å². The molecule has 0 radical (unpaired) electrons. The highest BCUT2D eigenvalue weighted by Gasteiger charge is 2.69. The molecule has 66 heavy (non-hydrogen) atoms. The second-order valence-corrected chi connectivity index (χ2v) is 23.1. The van der Waals surface area contributed by atoms with Crippen LogP contribution < -0.4 is 0 Å². The topological polar surface area (TPSA) is 298 Å². The van der Waals surface area contributed by atoms with Gasteiger partial charge in [-0.15, -0.1) is 0 Å². The molecule has 0 unspecified atom stereocenters. The summed E-state index contributed by atoms with van der Waals surface area (Å²) in [5, 5.41) is 131. The molecule has 0 aromatic heterocycles. The molecule has 3 heterocycles. The smallest absolute Gasteiger partial charge is 0.187 e. The predicted molar refractivity (Wildman–Crippen MR) is 231 cm³/mol. The molecule has 24 atom stereocenters. The third-order valence-electron chi connectivity index (χ3n) is 19.0. The molecule has 6 fully saturated rings. The number of hydrogen-bond acceptors (Lipinski definition) is 18. The monoisotopic (exact) mass is 943 g/mol. The van der Waals surface area contributed by atoms with Gasteiger partial charge in [-0.3, -0.25) is 0 Å². The lowest BCUT2D eigenvalue weighted by Gasteiger charge is -2.70. The van der Waals surface area contributed by atoms with Gasteiger partial charge in [0.15, 0.2) is 18.9 Å². The third kappa shape index (κ3) is 7.75. The first kappa shape index (κ1) is 51.1. The molecule has 8 aliphatic rings. The zero-order valence-electron chi connectivity index (χ0n) is 39.4. The Bertz CT molecular complexity index is 1810. The van der Waals surface area contributed by atoms with Crippen molar-refractivity contribution in [3.63, 3.8) is 0 Å². The van der Waals surface area contributed by atoms with Crippen molar-refractivity contribution in [3.05, 3.63) is 23.3 Å². The third-order valence-corrected chi connectivity index (χ3v) is 19.0. The normalized spacial score (nSPS) is 54.8. The first-order valence-corrected chi connectivity index (χ1v) is 24.1. The summed E-state index contributed by atoms with van der Waals surface area (Å²) in [7, 11) is 0. The fourth-order valence-electron chi connectivity index (χ4n) is 14.5. The molecule has 8 rings (SSSR count). The number of ether oxygens (including phenoxy) is 6. The summed E-state index contributed by atoms with van der Waals surface area (Å²) >= 11 is 0. The summed E-state index contributed by atoms with van der Waals surface area (Å²) in [5.41, 5.74) is 0.0755. The van der Waals surface area contributed by atoms with Gasteiger partial charge in [0, 0.05) is 16.2 Å². The Hall–Kier alpha value is -1.24. The minimum Gasteiger partial charge on any atom is -0.396 e. The van der Waals surface area contributed by atoms with Gasteiger partial charge < -0.3 is 89.7 Å². The predicted octanol–water partition coefficient (Wildman–Crippen LogP) is -0.495. The van der Waals surface area contributed by atoms with Crippen LogP contribution in [0.25, 0.3) is 0 Å². The molecule has 0 aromatic rings. The lowest BCUT2D eigenvalue weighted by molar-refractivity contribution is -0.391. The van der Waals surface area contributed by atoms with Crippen LogP contribution in [-0.4, -0.2) is 192 Å². The van der Waals surface area contributed by atoms with E-state index in [1.54, 1.807) is 6.92 Å². The number of aliphatic hydroxyl groups is 12. The van der Waals surface area contributed by atoms with Crippen molar-refractivity contribution in [1.82, 2.24) is 0 Å². The van der Waals surface area contributed by atoms with E-state index in [2.05, 4.69) is 46.8 Å². The van der Waals surface area contributed by atoms with E-state index in [0.717, 1.165) is 32.1 Å². The quantitative estimate of drug-likeness (QED) is 0.123. The Morgan fingerprint density at radius 3 is 1.88 bits per heavy atom. The van der Waals surface area contributed by atoms with Crippen molar-refractivity contribution in [2.75, 3.05) is 26.4 Å². The molecule has 0 spiro atoms. The maximum Gasteiger partial charge on any atom is 0.187 e. The molecule has 0 aromatic carbocycles. The van der Waals surface area contributed by atoms with Gasteiger partial charge in [-0.05, 0) is 91.9 Å². The first-order chi connectivity index (χ1) is 30.9. The standard InChI is InChI=1S/C48H78O18/c1-22-31(54)38(65-42-39(35(58)33(56)26(19-50)63-42)66-40-36(59)34(57)32(55)25(18-49)62-40)37(60)41(61-22)64-30-11-12-44(4)27(45(30,5)20-51)10-13-46(6)28(44)9-8-23-24-16-43(2,3)14-15-48(24,21-52)29(53)17-47(23,46)7/h8-9,22,25-42,49-60H,10-21H2,1-7H3/t22-,25-,26-,27-,28-,29-,30+,31+,32-,33-,34+,35+,36-,37-,38+,39-,40+,41+,42+,44+,45+,46-,47-,48-/m1/s1. The van der Waals surface area contributed by atoms with E-state index < -0.39 is 128 Å². The fourth-order valence-corrected chi connectivity index (χ4v) is 14.5. The number of allylic oxidation sites excluding steroid dienone is 3. The van der Waals surface area contributed by atoms with E-state index in [4.69, 9.17) is 28.4 Å². The Balaban J connectivity index is 1.04. The van der Waals surface area contributed by atoms with Crippen molar-refractivity contribution < 1.29 is 89.7 Å². The van der Waals surface area contributed by atoms with Gasteiger partial charge >= 0.3 is 0 Å². The van der Waals surface area contributed by atoms with Crippen LogP contribution in [-0.2, 0) is 28.4 Å². The lowest BCUT2D eigenvalue weighted by atomic mass is 9.35. The zero-order valence-corrected chi connectivity index (χ0v) is 39.4. The van der Waals surface area contributed by atoms with Crippen molar-refractivity contribution >= 4 is 0 Å². The second-order valence-electron chi connectivity index (χ2n) is 23.1. The highest BCUT2D eigenvalue weighted by Crippen LogP contribution is 2.74. The highest BCUT2D eigenvalue weighted by molar-refractivity contribution is 5.47. The molecule has 3 aliphatic heterocycles. The van der Waals surface area contributed by atoms with Gasteiger partial charge in [0.05, 0.1) is 44.7 Å². The molecule has 5 aliphatic carbocycles. The number of hydrogen-bond donors (Lipinski definition) is 12. The van der Waals surface area contributed by atoms with Crippen molar-refractivity contribution in [2.24, 2.45) is 44.3 Å². The van der Waals surface area contributed by atoms with E-state index in [0.29, 0.717) is 19.3 Å². The van der Waals surface area contributed by atoms with Gasteiger partial charge in [-0.1, -0.05) is 59.3 Å². The Morgan fingerprint density at radius 2 is 1.24 bits per heavy atom. The second kappa shape index (κ2) is 18.1. The maximum absolute atomic E-state index is 12.1. The van der Waals surface area contributed by atoms with E-state index in [-0.39, 0.29) is 46.7 Å². The van der Waals surface area contributed by atoms with E-state index in [1.807, 2.05) is 6.92 Å². The molecule has 0 bridgehead atoms. The van der Waals surface area contributed by atoms with Crippen LogP contribution in [0.5, 0.6) is 0 Å². The summed E-state index contributed by atoms with van der Waals surface area (Å²) in [6.07, 6.45) is -15.3. The largest absolute Gasteiger partial charge is 0.396 e. The molecule has 18 heteroatoms. The van der Waals surface area contributed by atoms with Crippen molar-refractivity contribution in [3.8, 4) is 0 Å². The van der Waals surface area contributed by atoms with E-state index >= 15 is 0 Å². The van der Waals surface area contributed by atoms with Crippen LogP contribution in [0.15, 0.2) is 23.3 Å². The Labute approximate surface area is 387 Å². The van der Waals surface area contributed by atoms with Gasteiger partial charge in [-0.25, -0.2) is 0 Å². The SMILES string of the molecule is C[C@H]1O[C@@H](O[C@H]2CC[C@@]3(C)[C@@H](CC[C@]4(C)[C@@H]3C=CC3=C5CC(C)(C)CC[C@]5(CO)[C@H](O)C[C@]34C)[C@]2(C)CO)[C@H](O)[C@@H](O[C@@H]2O[C@H](CO)[C@@H](O)[C@H](O)[C@H]2O[C@@H]2O[C@H](CO)[C@@H](O)[C@H](O)[C@H]2O)[C@H]1O. The van der Waals surface area contributed by atoms with Crippen LogP contribution in [0.4, 0.5) is 0 Å². The Kier molecular flexibility index (Phi) is 14.0. The molecule has 0 amide bonds. The first-order valence-electron chi connectivity index (χ1n) is 24.1. The van der Waals surface area contributed by atoms with Gasteiger partial charge in [0.2, 0.25) is 0 Å². The average Bonchev–Trinajstić information content (AvgIpc) is 3.27. The van der Waals surface area contributed by atoms with E-state index in [1.165, 1.54) is 11.1 Å². The summed E-state index contributed by atoms with van der Waals surface area (Å²) in [5.74, 6) is 0.0214. The zero-order chi connectivity index (χ0) is 48.3. The van der Waals surface area contributed by atoms with Crippen molar-refractivity contribution in [2.45, 2.75) is 204 Å². The van der Waals surface area contributed by atoms with Crippen LogP contribution in [0.3, 0.4) is 0 Å². The Morgan fingerprint density at radius 1 is 0.621 bits per heavy atom. The van der Waals surface area contributed by atoms with Gasteiger partial charge in [0.25, 0.3) is 0 Å². The summed E-state index contributed by atoms with van der Waals surface area (Å²) in [6, 6.07) is 0. The molecule has 378 valence electrons. The minimum absolute atomic E-state index is 0.0417. The maximum atomic E-state index is 12.1. The minimum atomic E-state index is -1.90. The number of fused-ring (bicyclic) bond motifs is 6. The number of aliphatic hydroxyl groups excluding tert-OH is 12. The van der Waals surface area contributed by atoms with Gasteiger partial charge in [-0.2, -0.15) is 0 Å². The average molecular weight is 943 g/mol. The summed E-state index contributed by atoms with van der Waals surface area (Å²) in [6.45, 7) is 13.2. The molecule has 12 N–H and O–H groups in total. The van der Waals surface area contributed by atoms with Crippen molar-refractivity contribution in [1.29, 1.82) is 0 Å². The van der Waals surface area contributed by atoms with E-state index in [9.17, 15) is 61.3 Å². The molecule has 3 saturated heterocycles. The van der Waals surface area contributed by atoms with Gasteiger partial charge in [0.1, 0.15) is 67.1 Å². The molecular weight excluding hydrogens is 865 g/mol. The lowest BCUT2D eigenvalue weighted by Crippen LogP contribution is -2.67. The van der Waals surface area contributed by atoms with Crippen LogP contribution in [0, 0.1) is 44.3 Å². The number of rotatable bonds is 10. The summed E-state index contributed by atoms with van der Waals surface area (Å²) in [4.78, 5) is 0.